The van der Waals surface area contributed by atoms with Gasteiger partial charge in [-0.1, -0.05) is 36.0 Å². The first-order valence-electron chi connectivity index (χ1n) is 13.2. The molecule has 0 fully saturated rings. The van der Waals surface area contributed by atoms with Crippen molar-refractivity contribution in [3.8, 4) is 0 Å². The fourth-order valence-electron chi connectivity index (χ4n) is 4.36. The molecule has 1 aromatic carbocycles. The van der Waals surface area contributed by atoms with E-state index in [1.54, 1.807) is 26.0 Å². The molecule has 0 aliphatic carbocycles. The molecule has 2 heterocycles. The summed E-state index contributed by atoms with van der Waals surface area (Å²) in [6, 6.07) is 3.57. The van der Waals surface area contributed by atoms with Crippen LogP contribution in [0.4, 0.5) is 10.1 Å². The second kappa shape index (κ2) is 14.5. The number of allylic oxidation sites excluding steroid dienone is 1. The molecular weight excluding hydrogens is 545 g/mol. The second-order valence-electron chi connectivity index (χ2n) is 9.59. The smallest absolute Gasteiger partial charge is 0.274 e. The van der Waals surface area contributed by atoms with E-state index in [4.69, 9.17) is 10.3 Å². The van der Waals surface area contributed by atoms with Crippen LogP contribution in [0.3, 0.4) is 0 Å². The standard InChI is InChI=1S/C29H34FN7O5/c1-5-7-22(10-11-26(31)38)37(25-13-20(30)9-8-19(25)6-2)27(39)16-36(4)29(41)24(14-21-15-32-17-33-21)34-28(40)23-12-18(3)42-35-23/h5-9,12-13,15,17,22,24H,2,10-11,14,16H2,1,3-4H3,(H2,31,38)(H,32,33)(H,34,40)/b7-5+/t22?,24-/m0/s1. The maximum atomic E-state index is 14.4. The van der Waals surface area contributed by atoms with Gasteiger partial charge in [0.05, 0.1) is 24.6 Å². The highest BCUT2D eigenvalue weighted by Gasteiger charge is 2.31. The molecule has 42 heavy (non-hydrogen) atoms. The molecular formula is C29H34FN7O5. The Balaban J connectivity index is 1.91. The zero-order valence-electron chi connectivity index (χ0n) is 23.7. The van der Waals surface area contributed by atoms with Gasteiger partial charge in [0.25, 0.3) is 5.91 Å². The maximum Gasteiger partial charge on any atom is 0.274 e. The molecule has 0 aliphatic heterocycles. The van der Waals surface area contributed by atoms with E-state index < -0.39 is 48.1 Å². The lowest BCUT2D eigenvalue weighted by molar-refractivity contribution is -0.135. The van der Waals surface area contributed by atoms with Crippen molar-refractivity contribution in [2.45, 2.75) is 45.2 Å². The van der Waals surface area contributed by atoms with Gasteiger partial charge in [0, 0.05) is 37.8 Å². The lowest BCUT2D eigenvalue weighted by Crippen LogP contribution is -2.52. The number of nitrogens with zero attached hydrogens (tertiary/aromatic N) is 4. The molecule has 3 aromatic rings. The fraction of sp³-hybridized carbons (Fsp3) is 0.310. The number of primary amides is 1. The van der Waals surface area contributed by atoms with Gasteiger partial charge in [-0.25, -0.2) is 9.37 Å². The van der Waals surface area contributed by atoms with Crippen molar-refractivity contribution in [3.63, 3.8) is 0 Å². The minimum absolute atomic E-state index is 0.00785. The minimum atomic E-state index is -1.10. The number of rotatable bonds is 14. The van der Waals surface area contributed by atoms with Gasteiger partial charge < -0.3 is 30.4 Å². The number of aromatic nitrogens is 3. The summed E-state index contributed by atoms with van der Waals surface area (Å²) < 4.78 is 19.4. The third-order valence-corrected chi connectivity index (χ3v) is 6.36. The van der Waals surface area contributed by atoms with Gasteiger partial charge in [0.2, 0.25) is 17.7 Å². The summed E-state index contributed by atoms with van der Waals surface area (Å²) >= 11 is 0. The predicted molar refractivity (Wildman–Crippen MR) is 153 cm³/mol. The quantitative estimate of drug-likeness (QED) is 0.247. The minimum Gasteiger partial charge on any atom is -0.370 e. The van der Waals surface area contributed by atoms with Crippen molar-refractivity contribution in [2.24, 2.45) is 5.73 Å². The summed E-state index contributed by atoms with van der Waals surface area (Å²) in [4.78, 5) is 61.3. The number of halogens is 1. The zero-order valence-corrected chi connectivity index (χ0v) is 23.7. The van der Waals surface area contributed by atoms with E-state index in [1.807, 2.05) is 0 Å². The lowest BCUT2D eigenvalue weighted by Gasteiger charge is -2.33. The molecule has 13 heteroatoms. The highest BCUT2D eigenvalue weighted by molar-refractivity contribution is 6.01. The van der Waals surface area contributed by atoms with Gasteiger partial charge in [-0.15, -0.1) is 0 Å². The Hall–Kier alpha value is -5.07. The number of hydrogen-bond acceptors (Lipinski definition) is 7. The number of H-pyrrole nitrogens is 1. The second-order valence-corrected chi connectivity index (χ2v) is 9.59. The normalized spacial score (nSPS) is 12.5. The lowest BCUT2D eigenvalue weighted by atomic mass is 10.0. The number of likely N-dealkylation sites (N-methyl/N-ethyl adjacent to an activating group) is 1. The Morgan fingerprint density at radius 1 is 1.26 bits per heavy atom. The van der Waals surface area contributed by atoms with Gasteiger partial charge >= 0.3 is 0 Å². The number of anilines is 1. The third kappa shape index (κ3) is 8.22. The van der Waals surface area contributed by atoms with Gasteiger partial charge in [-0.3, -0.25) is 19.2 Å². The molecule has 0 aliphatic rings. The number of carbonyl (C=O) groups excluding carboxylic acids is 4. The van der Waals surface area contributed by atoms with Gasteiger partial charge in [0.15, 0.2) is 5.69 Å². The molecule has 0 spiro atoms. The van der Waals surface area contributed by atoms with Crippen LogP contribution in [0.15, 0.2) is 60.0 Å². The number of amides is 4. The Morgan fingerprint density at radius 2 is 2.02 bits per heavy atom. The van der Waals surface area contributed by atoms with Crippen molar-refractivity contribution in [3.05, 3.63) is 84.0 Å². The predicted octanol–water partition coefficient (Wildman–Crippen LogP) is 2.53. The summed E-state index contributed by atoms with van der Waals surface area (Å²) in [5.41, 5.74) is 6.63. The number of nitrogens with one attached hydrogen (secondary N) is 2. The van der Waals surface area contributed by atoms with Crippen LogP contribution in [-0.2, 0) is 20.8 Å². The van der Waals surface area contributed by atoms with Crippen molar-refractivity contribution in [1.29, 1.82) is 0 Å². The number of benzene rings is 1. The Kier molecular flexibility index (Phi) is 10.9. The molecule has 0 saturated carbocycles. The number of aryl methyl sites for hydroxylation is 1. The molecule has 0 bridgehead atoms. The monoisotopic (exact) mass is 579 g/mol. The van der Waals surface area contributed by atoms with Crippen molar-refractivity contribution in [1.82, 2.24) is 25.3 Å². The Labute approximate surface area is 242 Å². The molecule has 12 nitrogen and oxygen atoms in total. The highest BCUT2D eigenvalue weighted by Crippen LogP contribution is 2.28. The van der Waals surface area contributed by atoms with E-state index in [1.165, 1.54) is 59.7 Å². The van der Waals surface area contributed by atoms with Crippen LogP contribution in [0, 0.1) is 12.7 Å². The summed E-state index contributed by atoms with van der Waals surface area (Å²) in [5, 5.41) is 6.34. The largest absolute Gasteiger partial charge is 0.370 e. The first-order chi connectivity index (χ1) is 20.0. The van der Waals surface area contributed by atoms with Crippen molar-refractivity contribution < 1.29 is 28.1 Å². The zero-order chi connectivity index (χ0) is 30.8. The van der Waals surface area contributed by atoms with Crippen LogP contribution < -0.4 is 16.0 Å². The van der Waals surface area contributed by atoms with Gasteiger partial charge in [0.1, 0.15) is 17.6 Å². The van der Waals surface area contributed by atoms with E-state index in [0.717, 1.165) is 0 Å². The van der Waals surface area contributed by atoms with Crippen molar-refractivity contribution in [2.75, 3.05) is 18.5 Å². The third-order valence-electron chi connectivity index (χ3n) is 6.36. The van der Waals surface area contributed by atoms with Crippen LogP contribution in [-0.4, -0.2) is 69.3 Å². The molecule has 2 aromatic heterocycles. The average Bonchev–Trinajstić information content (AvgIpc) is 3.63. The Morgan fingerprint density at radius 3 is 2.62 bits per heavy atom. The number of nitrogens with two attached hydrogens (primary N) is 1. The molecule has 2 atom stereocenters. The van der Waals surface area contributed by atoms with Crippen LogP contribution in [0.1, 0.15) is 47.3 Å². The molecule has 1 unspecified atom stereocenters. The molecule has 3 rings (SSSR count). The topological polar surface area (TPSA) is 168 Å². The number of imidazole rings is 1. The summed E-state index contributed by atoms with van der Waals surface area (Å²) in [5.74, 6) is -2.51. The van der Waals surface area contributed by atoms with Crippen LogP contribution >= 0.6 is 0 Å². The number of aromatic amines is 1. The van der Waals surface area contributed by atoms with E-state index in [9.17, 15) is 23.6 Å². The number of carbonyl (C=O) groups is 4. The summed E-state index contributed by atoms with van der Waals surface area (Å²) in [6.45, 7) is 6.70. The van der Waals surface area contributed by atoms with E-state index >= 15 is 0 Å². The summed E-state index contributed by atoms with van der Waals surface area (Å²) in [6.07, 6.45) is 8.00. The van der Waals surface area contributed by atoms with Gasteiger partial charge in [-0.05, 0) is 38.0 Å². The first kappa shape index (κ1) is 31.5. The molecule has 0 radical (unpaired) electrons. The maximum absolute atomic E-state index is 14.4. The Bertz CT molecular complexity index is 1450. The van der Waals surface area contributed by atoms with Crippen molar-refractivity contribution >= 4 is 35.4 Å². The highest BCUT2D eigenvalue weighted by atomic mass is 19.1. The molecule has 4 amide bonds. The first-order valence-corrected chi connectivity index (χ1v) is 13.2. The van der Waals surface area contributed by atoms with Crippen LogP contribution in [0.2, 0.25) is 0 Å². The molecule has 222 valence electrons. The fourth-order valence-corrected chi connectivity index (χ4v) is 4.36. The number of hydrogen-bond donors (Lipinski definition) is 3. The average molecular weight is 580 g/mol. The van der Waals surface area contributed by atoms with Gasteiger partial charge in [-0.2, -0.15) is 0 Å². The summed E-state index contributed by atoms with van der Waals surface area (Å²) in [7, 11) is 1.42. The SMILES string of the molecule is C=Cc1ccc(F)cc1N(C(=O)CN(C)C(=O)[C@H](Cc1cnc[nH]1)NC(=O)c1cc(C)on1)C(/C=C/C)CCC(N)=O. The van der Waals surface area contributed by atoms with Crippen LogP contribution in [0.25, 0.3) is 6.08 Å². The van der Waals surface area contributed by atoms with E-state index in [0.29, 0.717) is 17.0 Å². The van der Waals surface area contributed by atoms with Crippen LogP contribution in [0.5, 0.6) is 0 Å². The van der Waals surface area contributed by atoms with E-state index in [-0.39, 0.29) is 30.6 Å². The van der Waals surface area contributed by atoms with E-state index in [2.05, 4.69) is 27.0 Å². The molecule has 4 N–H and O–H groups in total. The molecule has 0 saturated heterocycles.